The lowest BCUT2D eigenvalue weighted by Crippen LogP contribution is -2.16. The number of halogens is 4. The fraction of sp³-hybridized carbons (Fsp3) is 0. The highest BCUT2D eigenvalue weighted by Gasteiger charge is 2.22. The maximum absolute atomic E-state index is 13.4. The van der Waals surface area contributed by atoms with E-state index in [1.54, 1.807) is 0 Å². The van der Waals surface area contributed by atoms with Gasteiger partial charge in [0, 0.05) is 4.47 Å². The topological polar surface area (TPSA) is 72.2 Å². The molecule has 9 heteroatoms. The summed E-state index contributed by atoms with van der Waals surface area (Å²) in [6.45, 7) is 0. The van der Waals surface area contributed by atoms with Crippen molar-refractivity contribution in [2.75, 3.05) is 10.5 Å². The van der Waals surface area contributed by atoms with Crippen LogP contribution in [0.3, 0.4) is 0 Å². The summed E-state index contributed by atoms with van der Waals surface area (Å²) in [5.74, 6) is -0.828. The molecule has 0 unspecified atom stereocenters. The number of benzene rings is 2. The minimum absolute atomic E-state index is 0.00908. The molecular formula is C12H8BrCl2FN2O2S. The molecule has 21 heavy (non-hydrogen) atoms. The molecule has 112 valence electrons. The lowest BCUT2D eigenvalue weighted by Gasteiger charge is -2.13. The highest BCUT2D eigenvalue weighted by atomic mass is 79.9. The zero-order valence-corrected chi connectivity index (χ0v) is 14.1. The van der Waals surface area contributed by atoms with Gasteiger partial charge in [-0.15, -0.1) is 0 Å². The number of rotatable bonds is 3. The Hall–Kier alpha value is -1.02. The molecule has 0 spiro atoms. The first-order valence-corrected chi connectivity index (χ1v) is 8.47. The van der Waals surface area contributed by atoms with E-state index in [4.69, 9.17) is 28.9 Å². The number of hydrogen-bond acceptors (Lipinski definition) is 3. The van der Waals surface area contributed by atoms with E-state index >= 15 is 0 Å². The third kappa shape index (κ3) is 3.42. The van der Waals surface area contributed by atoms with E-state index in [2.05, 4.69) is 20.7 Å². The molecular weight excluding hydrogens is 406 g/mol. The Morgan fingerprint density at radius 1 is 1.19 bits per heavy atom. The van der Waals surface area contributed by atoms with Crippen LogP contribution in [0.1, 0.15) is 0 Å². The van der Waals surface area contributed by atoms with Crippen molar-refractivity contribution in [3.63, 3.8) is 0 Å². The largest absolute Gasteiger partial charge is 0.395 e. The highest BCUT2D eigenvalue weighted by Crippen LogP contribution is 2.35. The Balaban J connectivity index is 2.50. The molecule has 0 aliphatic heterocycles. The molecule has 2 aromatic carbocycles. The van der Waals surface area contributed by atoms with Crippen LogP contribution in [-0.4, -0.2) is 8.42 Å². The van der Waals surface area contributed by atoms with Gasteiger partial charge < -0.3 is 5.73 Å². The number of para-hydroxylation sites is 1. The van der Waals surface area contributed by atoms with Crippen molar-refractivity contribution >= 4 is 60.5 Å². The zero-order valence-electron chi connectivity index (χ0n) is 10.2. The standard InChI is InChI=1S/C12H8BrCl2FN2O2S/c13-6-4-7(14)12(8(15)5-6)18-21(19,20)10-3-1-2-9(16)11(10)17/h1-5,18H,17H2. The van der Waals surface area contributed by atoms with Gasteiger partial charge >= 0.3 is 0 Å². The van der Waals surface area contributed by atoms with Crippen molar-refractivity contribution in [2.45, 2.75) is 4.90 Å². The Morgan fingerprint density at radius 2 is 1.76 bits per heavy atom. The molecule has 4 nitrogen and oxygen atoms in total. The van der Waals surface area contributed by atoms with Gasteiger partial charge in [0.25, 0.3) is 10.0 Å². The summed E-state index contributed by atoms with van der Waals surface area (Å²) >= 11 is 15.1. The number of nitrogens with one attached hydrogen (secondary N) is 1. The Bertz CT molecular complexity index is 792. The monoisotopic (exact) mass is 412 g/mol. The maximum Gasteiger partial charge on any atom is 0.264 e. The molecule has 0 aliphatic carbocycles. The van der Waals surface area contributed by atoms with Gasteiger partial charge in [-0.3, -0.25) is 4.72 Å². The predicted molar refractivity (Wildman–Crippen MR) is 85.8 cm³/mol. The second-order valence-corrected chi connectivity index (χ2v) is 7.38. The Kier molecular flexibility index (Phi) is 4.67. The molecule has 0 amide bonds. The summed E-state index contributed by atoms with van der Waals surface area (Å²) < 4.78 is 40.7. The normalized spacial score (nSPS) is 11.4. The minimum atomic E-state index is -4.12. The second-order valence-electron chi connectivity index (χ2n) is 4.00. The lowest BCUT2D eigenvalue weighted by molar-refractivity contribution is 0.597. The van der Waals surface area contributed by atoms with E-state index in [0.29, 0.717) is 4.47 Å². The summed E-state index contributed by atoms with van der Waals surface area (Å²) in [5.41, 5.74) is 4.97. The van der Waals surface area contributed by atoms with Crippen LogP contribution in [0.25, 0.3) is 0 Å². The third-order valence-corrected chi connectivity index (χ3v) is 5.01. The first-order chi connectivity index (χ1) is 9.72. The van der Waals surface area contributed by atoms with Crippen molar-refractivity contribution in [3.05, 3.63) is 50.7 Å². The van der Waals surface area contributed by atoms with Crippen molar-refractivity contribution in [1.29, 1.82) is 0 Å². The summed E-state index contributed by atoms with van der Waals surface area (Å²) in [4.78, 5) is -0.391. The van der Waals surface area contributed by atoms with Gasteiger partial charge in [-0.1, -0.05) is 45.2 Å². The molecule has 0 radical (unpaired) electrons. The van der Waals surface area contributed by atoms with Gasteiger partial charge in [0.05, 0.1) is 21.4 Å². The van der Waals surface area contributed by atoms with E-state index in [1.807, 2.05) is 0 Å². The second kappa shape index (κ2) is 6.00. The van der Waals surface area contributed by atoms with Crippen molar-refractivity contribution in [3.8, 4) is 0 Å². The average Bonchev–Trinajstić information content (AvgIpc) is 2.37. The molecule has 0 aliphatic rings. The highest BCUT2D eigenvalue weighted by molar-refractivity contribution is 9.10. The van der Waals surface area contributed by atoms with E-state index < -0.39 is 26.4 Å². The van der Waals surface area contributed by atoms with Crippen LogP contribution < -0.4 is 10.5 Å². The van der Waals surface area contributed by atoms with E-state index in [1.165, 1.54) is 24.3 Å². The van der Waals surface area contributed by atoms with Crippen molar-refractivity contribution < 1.29 is 12.8 Å². The van der Waals surface area contributed by atoms with Gasteiger partial charge in [-0.2, -0.15) is 0 Å². The van der Waals surface area contributed by atoms with Gasteiger partial charge in [-0.25, -0.2) is 12.8 Å². The van der Waals surface area contributed by atoms with Crippen LogP contribution >= 0.6 is 39.1 Å². The van der Waals surface area contributed by atoms with E-state index in [-0.39, 0.29) is 15.7 Å². The number of nitrogens with two attached hydrogens (primary N) is 1. The number of anilines is 2. The van der Waals surface area contributed by atoms with Gasteiger partial charge in [0.1, 0.15) is 10.7 Å². The molecule has 0 saturated carbocycles. The SMILES string of the molecule is Nc1c(F)cccc1S(=O)(=O)Nc1c(Cl)cc(Br)cc1Cl. The molecule has 0 aromatic heterocycles. The van der Waals surface area contributed by atoms with Crippen LogP contribution in [0.15, 0.2) is 39.7 Å². The summed E-state index contributed by atoms with van der Waals surface area (Å²) in [6, 6.07) is 6.43. The lowest BCUT2D eigenvalue weighted by atomic mass is 10.3. The smallest absolute Gasteiger partial charge is 0.264 e. The van der Waals surface area contributed by atoms with E-state index in [9.17, 15) is 12.8 Å². The van der Waals surface area contributed by atoms with Gasteiger partial charge in [0.2, 0.25) is 0 Å². The molecule has 0 fully saturated rings. The van der Waals surface area contributed by atoms with Crippen LogP contribution in [0.5, 0.6) is 0 Å². The first kappa shape index (κ1) is 16.4. The zero-order chi connectivity index (χ0) is 15.8. The van der Waals surface area contributed by atoms with Crippen molar-refractivity contribution in [2.24, 2.45) is 0 Å². The molecule has 0 bridgehead atoms. The van der Waals surface area contributed by atoms with Crippen LogP contribution in [0, 0.1) is 5.82 Å². The van der Waals surface area contributed by atoms with Crippen LogP contribution in [-0.2, 0) is 10.0 Å². The predicted octanol–water partition coefficient (Wildman–Crippen LogP) is 4.28. The Labute approximate surface area is 139 Å². The fourth-order valence-corrected chi connectivity index (χ4v) is 4.24. The van der Waals surface area contributed by atoms with Crippen LogP contribution in [0.2, 0.25) is 10.0 Å². The molecule has 0 saturated heterocycles. The molecule has 2 rings (SSSR count). The maximum atomic E-state index is 13.4. The first-order valence-electron chi connectivity index (χ1n) is 5.43. The van der Waals surface area contributed by atoms with Crippen LogP contribution in [0.4, 0.5) is 15.8 Å². The van der Waals surface area contributed by atoms with Gasteiger partial charge in [0.15, 0.2) is 0 Å². The number of sulfonamides is 1. The molecule has 0 atom stereocenters. The minimum Gasteiger partial charge on any atom is -0.395 e. The molecule has 0 heterocycles. The van der Waals surface area contributed by atoms with Crippen molar-refractivity contribution in [1.82, 2.24) is 0 Å². The average molecular weight is 414 g/mol. The fourth-order valence-electron chi connectivity index (χ4n) is 1.58. The summed E-state index contributed by atoms with van der Waals surface area (Å²) in [5, 5.41) is 0.181. The number of hydrogen-bond donors (Lipinski definition) is 2. The summed E-state index contributed by atoms with van der Waals surface area (Å²) in [6.07, 6.45) is 0. The third-order valence-electron chi connectivity index (χ3n) is 2.55. The summed E-state index contributed by atoms with van der Waals surface area (Å²) in [7, 11) is -4.12. The number of nitrogen functional groups attached to an aromatic ring is 1. The molecule has 2 aromatic rings. The molecule has 3 N–H and O–H groups in total. The quantitative estimate of drug-likeness (QED) is 0.737. The van der Waals surface area contributed by atoms with E-state index in [0.717, 1.165) is 6.07 Å². The van der Waals surface area contributed by atoms with Gasteiger partial charge in [-0.05, 0) is 24.3 Å². The Morgan fingerprint density at radius 3 is 2.33 bits per heavy atom.